The lowest BCUT2D eigenvalue weighted by Crippen LogP contribution is -2.35. The Balaban J connectivity index is 2.22. The van der Waals surface area contributed by atoms with E-state index in [1.807, 2.05) is 12.1 Å². The molecule has 0 saturated heterocycles. The number of carbonyl (C=O) groups excluding carboxylic acids is 1. The molecule has 0 aliphatic carbocycles. The van der Waals surface area contributed by atoms with Crippen molar-refractivity contribution in [3.05, 3.63) is 35.5 Å². The molecule has 0 saturated carbocycles. The molecule has 0 fully saturated rings. The molecule has 0 spiro atoms. The molecule has 1 amide bonds. The number of pyridine rings is 1. The summed E-state index contributed by atoms with van der Waals surface area (Å²) in [5, 5.41) is 4.24. The van der Waals surface area contributed by atoms with Crippen molar-refractivity contribution in [1.82, 2.24) is 4.98 Å². The number of nitrogens with zero attached hydrogens (tertiary/aromatic N) is 1. The van der Waals surface area contributed by atoms with Gasteiger partial charge in [-0.25, -0.2) is 0 Å². The molecule has 1 aromatic heterocycles. The van der Waals surface area contributed by atoms with Crippen molar-refractivity contribution in [3.63, 3.8) is 0 Å². The van der Waals surface area contributed by atoms with Crippen LogP contribution in [0.2, 0.25) is 5.02 Å². The lowest BCUT2D eigenvalue weighted by molar-refractivity contribution is -0.117. The highest BCUT2D eigenvalue weighted by Gasteiger charge is 2.14. The summed E-state index contributed by atoms with van der Waals surface area (Å²) in [7, 11) is 0. The number of nitrogens with two attached hydrogens (primary N) is 1. The molecule has 1 heterocycles. The molecule has 1 atom stereocenters. The third-order valence-corrected chi connectivity index (χ3v) is 3.49. The molecule has 0 aliphatic heterocycles. The zero-order valence-electron chi connectivity index (χ0n) is 11.4. The Morgan fingerprint density at radius 2 is 2.25 bits per heavy atom. The number of aromatic nitrogens is 1. The van der Waals surface area contributed by atoms with Gasteiger partial charge >= 0.3 is 0 Å². The second kappa shape index (κ2) is 6.68. The first-order chi connectivity index (χ1) is 9.63. The van der Waals surface area contributed by atoms with Gasteiger partial charge in [-0.3, -0.25) is 9.78 Å². The van der Waals surface area contributed by atoms with Crippen LogP contribution in [0.5, 0.6) is 0 Å². The van der Waals surface area contributed by atoms with Gasteiger partial charge in [-0.15, -0.1) is 0 Å². The fourth-order valence-corrected chi connectivity index (χ4v) is 2.24. The third-order valence-electron chi connectivity index (χ3n) is 3.18. The Labute approximate surface area is 123 Å². The first-order valence-electron chi connectivity index (χ1n) is 6.73. The second-order valence-electron chi connectivity index (χ2n) is 4.73. The molecule has 4 nitrogen and oxygen atoms in total. The van der Waals surface area contributed by atoms with Gasteiger partial charge in [-0.1, -0.05) is 31.4 Å². The van der Waals surface area contributed by atoms with E-state index in [1.165, 1.54) is 0 Å². The number of carbonyl (C=O) groups is 1. The smallest absolute Gasteiger partial charge is 0.241 e. The first kappa shape index (κ1) is 14.8. The molecule has 3 N–H and O–H groups in total. The van der Waals surface area contributed by atoms with Gasteiger partial charge < -0.3 is 11.1 Å². The van der Waals surface area contributed by atoms with Gasteiger partial charge in [0.25, 0.3) is 0 Å². The molecule has 1 aromatic carbocycles. The minimum atomic E-state index is -0.489. The molecule has 2 aromatic rings. The molecule has 0 aliphatic rings. The standard InChI is InChI=1S/C15H18ClN3O/c1-2-3-6-12(17)15(20)19-13-8-7-11(16)14-10(13)5-4-9-18-14/h4-5,7-9,12H,2-3,6,17H2,1H3,(H,19,20). The summed E-state index contributed by atoms with van der Waals surface area (Å²) in [6.07, 6.45) is 4.32. The van der Waals surface area contributed by atoms with E-state index in [2.05, 4.69) is 17.2 Å². The van der Waals surface area contributed by atoms with E-state index in [4.69, 9.17) is 17.3 Å². The van der Waals surface area contributed by atoms with Crippen LogP contribution in [0.1, 0.15) is 26.2 Å². The second-order valence-corrected chi connectivity index (χ2v) is 5.14. The summed E-state index contributed by atoms with van der Waals surface area (Å²) >= 11 is 6.10. The highest BCUT2D eigenvalue weighted by molar-refractivity contribution is 6.35. The first-order valence-corrected chi connectivity index (χ1v) is 7.11. The van der Waals surface area contributed by atoms with Gasteiger partial charge in [0.2, 0.25) is 5.91 Å². The zero-order chi connectivity index (χ0) is 14.5. The third kappa shape index (κ3) is 3.26. The fraction of sp³-hybridized carbons (Fsp3) is 0.333. The molecule has 5 heteroatoms. The minimum absolute atomic E-state index is 0.175. The van der Waals surface area contributed by atoms with Gasteiger partial charge in [0.15, 0.2) is 0 Å². The maximum atomic E-state index is 12.1. The Morgan fingerprint density at radius 1 is 1.45 bits per heavy atom. The molecule has 0 bridgehead atoms. The average molecular weight is 292 g/mol. The number of halogens is 1. The van der Waals surface area contributed by atoms with E-state index in [-0.39, 0.29) is 5.91 Å². The summed E-state index contributed by atoms with van der Waals surface area (Å²) in [5.41, 5.74) is 7.24. The Morgan fingerprint density at radius 3 is 3.00 bits per heavy atom. The quantitative estimate of drug-likeness (QED) is 0.888. The number of rotatable bonds is 5. The lowest BCUT2D eigenvalue weighted by Gasteiger charge is -2.13. The van der Waals surface area contributed by atoms with Crippen LogP contribution in [-0.4, -0.2) is 16.9 Å². The number of anilines is 1. The van der Waals surface area contributed by atoms with Crippen LogP contribution in [0.3, 0.4) is 0 Å². The van der Waals surface area contributed by atoms with Gasteiger partial charge in [0.05, 0.1) is 22.3 Å². The molecular weight excluding hydrogens is 274 g/mol. The van der Waals surface area contributed by atoms with Gasteiger partial charge in [0, 0.05) is 11.6 Å². The van der Waals surface area contributed by atoms with Crippen molar-refractivity contribution >= 4 is 34.1 Å². The number of fused-ring (bicyclic) bond motifs is 1. The van der Waals surface area contributed by atoms with E-state index in [0.717, 1.165) is 18.2 Å². The number of nitrogens with one attached hydrogen (secondary N) is 1. The van der Waals surface area contributed by atoms with E-state index in [9.17, 15) is 4.79 Å². The van der Waals surface area contributed by atoms with Crippen molar-refractivity contribution in [3.8, 4) is 0 Å². The molecule has 2 rings (SSSR count). The summed E-state index contributed by atoms with van der Waals surface area (Å²) in [6.45, 7) is 2.07. The highest BCUT2D eigenvalue weighted by Crippen LogP contribution is 2.28. The van der Waals surface area contributed by atoms with E-state index in [1.54, 1.807) is 18.3 Å². The number of hydrogen-bond donors (Lipinski definition) is 2. The monoisotopic (exact) mass is 291 g/mol. The summed E-state index contributed by atoms with van der Waals surface area (Å²) in [5.74, 6) is -0.175. The van der Waals surface area contributed by atoms with Crippen LogP contribution < -0.4 is 11.1 Å². The number of unbranched alkanes of at least 4 members (excludes halogenated alkanes) is 1. The summed E-state index contributed by atoms with van der Waals surface area (Å²) in [6, 6.07) is 6.70. The Kier molecular flexibility index (Phi) is 4.93. The van der Waals surface area contributed by atoms with Gasteiger partial charge in [-0.2, -0.15) is 0 Å². The van der Waals surface area contributed by atoms with Crippen LogP contribution in [0, 0.1) is 0 Å². The SMILES string of the molecule is CCCCC(N)C(=O)Nc1ccc(Cl)c2ncccc12. The van der Waals surface area contributed by atoms with Crippen LogP contribution in [0.15, 0.2) is 30.5 Å². The average Bonchev–Trinajstić information content (AvgIpc) is 2.47. The van der Waals surface area contributed by atoms with Crippen LogP contribution in [0.25, 0.3) is 10.9 Å². The van der Waals surface area contributed by atoms with E-state index >= 15 is 0 Å². The maximum absolute atomic E-state index is 12.1. The lowest BCUT2D eigenvalue weighted by atomic mass is 10.1. The Hall–Kier alpha value is -1.65. The number of benzene rings is 1. The van der Waals surface area contributed by atoms with Crippen molar-refractivity contribution in [2.24, 2.45) is 5.73 Å². The molecule has 1 unspecified atom stereocenters. The largest absolute Gasteiger partial charge is 0.324 e. The van der Waals surface area contributed by atoms with Crippen molar-refractivity contribution in [2.75, 3.05) is 5.32 Å². The molecular formula is C15H18ClN3O. The topological polar surface area (TPSA) is 68.0 Å². The van der Waals surface area contributed by atoms with Crippen molar-refractivity contribution in [2.45, 2.75) is 32.2 Å². The van der Waals surface area contributed by atoms with E-state index < -0.39 is 6.04 Å². The number of amides is 1. The fourth-order valence-electron chi connectivity index (χ4n) is 2.03. The normalized spacial score (nSPS) is 12.3. The highest BCUT2D eigenvalue weighted by atomic mass is 35.5. The van der Waals surface area contributed by atoms with Crippen molar-refractivity contribution in [1.29, 1.82) is 0 Å². The predicted molar refractivity (Wildman–Crippen MR) is 82.9 cm³/mol. The van der Waals surface area contributed by atoms with Crippen molar-refractivity contribution < 1.29 is 4.79 Å². The molecule has 0 radical (unpaired) electrons. The van der Waals surface area contributed by atoms with Crippen LogP contribution in [-0.2, 0) is 4.79 Å². The predicted octanol–water partition coefficient (Wildman–Crippen LogP) is 3.34. The number of hydrogen-bond acceptors (Lipinski definition) is 3. The summed E-state index contributed by atoms with van der Waals surface area (Å²) in [4.78, 5) is 16.3. The summed E-state index contributed by atoms with van der Waals surface area (Å²) < 4.78 is 0. The van der Waals surface area contributed by atoms with Crippen LogP contribution >= 0.6 is 11.6 Å². The van der Waals surface area contributed by atoms with Gasteiger partial charge in [-0.05, 0) is 30.7 Å². The molecule has 20 heavy (non-hydrogen) atoms. The molecule has 106 valence electrons. The van der Waals surface area contributed by atoms with Gasteiger partial charge in [0.1, 0.15) is 0 Å². The van der Waals surface area contributed by atoms with E-state index in [0.29, 0.717) is 22.6 Å². The minimum Gasteiger partial charge on any atom is -0.324 e. The van der Waals surface area contributed by atoms with Crippen LogP contribution in [0.4, 0.5) is 5.69 Å². The Bertz CT molecular complexity index is 615. The zero-order valence-corrected chi connectivity index (χ0v) is 12.2. The maximum Gasteiger partial charge on any atom is 0.241 e.